The summed E-state index contributed by atoms with van der Waals surface area (Å²) in [6.45, 7) is 4.05. The van der Waals surface area contributed by atoms with Crippen molar-refractivity contribution in [3.8, 4) is 0 Å². The van der Waals surface area contributed by atoms with Crippen molar-refractivity contribution in [2.75, 3.05) is 5.73 Å². The number of nitrogens with zero attached hydrogens (tertiary/aromatic N) is 1. The molecule has 6 heteroatoms. The number of carbonyl (C=O) groups is 2. The fourth-order valence-corrected chi connectivity index (χ4v) is 0.497. The molecule has 16 heavy (non-hydrogen) atoms. The lowest BCUT2D eigenvalue weighted by Gasteiger charge is -1.92. The molecule has 0 unspecified atom stereocenters. The van der Waals surface area contributed by atoms with E-state index in [4.69, 9.17) is 25.5 Å². The first-order valence-corrected chi connectivity index (χ1v) is 4.33. The predicted octanol–water partition coefficient (Wildman–Crippen LogP) is 1.15. The Morgan fingerprint density at radius 3 is 1.81 bits per heavy atom. The van der Waals surface area contributed by atoms with E-state index >= 15 is 0 Å². The molecule has 1 rings (SSSR count). The van der Waals surface area contributed by atoms with Crippen molar-refractivity contribution in [2.45, 2.75) is 20.8 Å². The van der Waals surface area contributed by atoms with Gasteiger partial charge in [0.1, 0.15) is 0 Å². The van der Waals surface area contributed by atoms with Crippen LogP contribution < -0.4 is 5.73 Å². The number of anilines is 1. The number of hydrogen-bond donors (Lipinski definition) is 3. The minimum Gasteiger partial charge on any atom is -0.481 e. The quantitative estimate of drug-likeness (QED) is 0.613. The number of carboxylic acid groups (broad SMARTS) is 2. The Morgan fingerprint density at radius 1 is 1.25 bits per heavy atom. The van der Waals surface area contributed by atoms with Crippen LogP contribution in [0, 0.1) is 6.92 Å². The van der Waals surface area contributed by atoms with Crippen LogP contribution in [0.2, 0.25) is 0 Å². The smallest absolute Gasteiger partial charge is 0.300 e. The maximum atomic E-state index is 9.00. The van der Waals surface area contributed by atoms with Crippen molar-refractivity contribution in [1.82, 2.24) is 4.98 Å². The maximum absolute atomic E-state index is 9.00. The van der Waals surface area contributed by atoms with E-state index in [1.165, 1.54) is 0 Å². The summed E-state index contributed by atoms with van der Waals surface area (Å²) >= 11 is 0. The van der Waals surface area contributed by atoms with E-state index in [-0.39, 0.29) is 0 Å². The normalized spacial score (nSPS) is 7.69. The van der Waals surface area contributed by atoms with Gasteiger partial charge in [-0.25, -0.2) is 0 Å². The number of nitrogens with two attached hydrogens (primary N) is 1. The van der Waals surface area contributed by atoms with Gasteiger partial charge in [-0.1, -0.05) is 0 Å². The molecular weight excluding hydrogens is 212 g/mol. The van der Waals surface area contributed by atoms with Gasteiger partial charge in [0.15, 0.2) is 0 Å². The second-order valence-electron chi connectivity index (χ2n) is 2.72. The third kappa shape index (κ3) is 17.8. The molecule has 0 aromatic carbocycles. The lowest BCUT2D eigenvalue weighted by atomic mass is 10.3. The zero-order valence-electron chi connectivity index (χ0n) is 9.47. The van der Waals surface area contributed by atoms with E-state index in [9.17, 15) is 0 Å². The number of hydrogen-bond acceptors (Lipinski definition) is 4. The molecule has 6 nitrogen and oxygen atoms in total. The number of pyridine rings is 1. The number of aromatic nitrogens is 1. The standard InChI is InChI=1S/C6H8N2.2C2H4O2/c1-5-6(7)3-2-4-8-5;2*1-2(3)4/h2-4H,7H2,1H3;2*1H3,(H,3,4). The Labute approximate surface area is 93.7 Å². The van der Waals surface area contributed by atoms with Gasteiger partial charge in [0.2, 0.25) is 0 Å². The summed E-state index contributed by atoms with van der Waals surface area (Å²) in [6, 6.07) is 3.66. The van der Waals surface area contributed by atoms with E-state index in [0.29, 0.717) is 0 Å². The highest BCUT2D eigenvalue weighted by molar-refractivity contribution is 5.63. The first-order chi connectivity index (χ1) is 7.27. The lowest BCUT2D eigenvalue weighted by Crippen LogP contribution is -1.89. The highest BCUT2D eigenvalue weighted by Gasteiger charge is 1.86. The number of aliphatic carboxylic acids is 2. The minimum absolute atomic E-state index is 0.757. The molecule has 0 aliphatic rings. The Morgan fingerprint density at radius 2 is 1.62 bits per heavy atom. The van der Waals surface area contributed by atoms with Crippen LogP contribution in [0.5, 0.6) is 0 Å². The van der Waals surface area contributed by atoms with Crippen molar-refractivity contribution in [3.05, 3.63) is 24.0 Å². The molecule has 0 saturated carbocycles. The number of aryl methyl sites for hydroxylation is 1. The van der Waals surface area contributed by atoms with Crippen LogP contribution in [-0.4, -0.2) is 27.1 Å². The second kappa shape index (κ2) is 9.45. The molecular formula is C10H16N2O4. The summed E-state index contributed by atoms with van der Waals surface area (Å²) in [5, 5.41) is 14.8. The topological polar surface area (TPSA) is 114 Å². The Hall–Kier alpha value is -2.11. The second-order valence-corrected chi connectivity index (χ2v) is 2.72. The zero-order valence-corrected chi connectivity index (χ0v) is 9.47. The zero-order chi connectivity index (χ0) is 13.1. The first kappa shape index (κ1) is 16.3. The van der Waals surface area contributed by atoms with Crippen LogP contribution >= 0.6 is 0 Å². The third-order valence-electron chi connectivity index (χ3n) is 1.05. The number of rotatable bonds is 0. The van der Waals surface area contributed by atoms with Gasteiger partial charge in [0.25, 0.3) is 11.9 Å². The average molecular weight is 228 g/mol. The highest BCUT2D eigenvalue weighted by Crippen LogP contribution is 2.02. The van der Waals surface area contributed by atoms with E-state index < -0.39 is 11.9 Å². The number of nitrogen functional groups attached to an aromatic ring is 1. The molecule has 0 fully saturated rings. The van der Waals surface area contributed by atoms with Gasteiger partial charge in [-0.05, 0) is 19.1 Å². The molecule has 1 heterocycles. The van der Waals surface area contributed by atoms with Crippen molar-refractivity contribution in [2.24, 2.45) is 0 Å². The Balaban J connectivity index is 0. The summed E-state index contributed by atoms with van der Waals surface area (Å²) in [7, 11) is 0. The fourth-order valence-electron chi connectivity index (χ4n) is 0.497. The van der Waals surface area contributed by atoms with E-state index in [1.807, 2.05) is 19.1 Å². The van der Waals surface area contributed by atoms with Gasteiger partial charge in [0, 0.05) is 20.0 Å². The monoisotopic (exact) mass is 228 g/mol. The Bertz CT molecular complexity index is 298. The molecule has 0 saturated heterocycles. The summed E-state index contributed by atoms with van der Waals surface area (Å²) in [6.07, 6.45) is 1.73. The van der Waals surface area contributed by atoms with Crippen molar-refractivity contribution in [1.29, 1.82) is 0 Å². The summed E-state index contributed by atoms with van der Waals surface area (Å²) in [5.41, 5.74) is 7.11. The van der Waals surface area contributed by atoms with Gasteiger partial charge < -0.3 is 15.9 Å². The maximum Gasteiger partial charge on any atom is 0.300 e. The lowest BCUT2D eigenvalue weighted by molar-refractivity contribution is -0.135. The molecule has 1 aromatic heterocycles. The van der Waals surface area contributed by atoms with Gasteiger partial charge in [-0.2, -0.15) is 0 Å². The van der Waals surface area contributed by atoms with Crippen molar-refractivity contribution < 1.29 is 19.8 Å². The molecule has 0 bridgehead atoms. The molecule has 90 valence electrons. The van der Waals surface area contributed by atoms with E-state index in [2.05, 4.69) is 4.98 Å². The highest BCUT2D eigenvalue weighted by atomic mass is 16.4. The molecule has 1 aromatic rings. The number of carboxylic acids is 2. The van der Waals surface area contributed by atoms with Crippen LogP contribution in [0.1, 0.15) is 19.5 Å². The third-order valence-corrected chi connectivity index (χ3v) is 1.05. The fraction of sp³-hybridized carbons (Fsp3) is 0.300. The first-order valence-electron chi connectivity index (χ1n) is 4.33. The minimum atomic E-state index is -0.833. The summed E-state index contributed by atoms with van der Waals surface area (Å²) in [5.74, 6) is -1.67. The van der Waals surface area contributed by atoms with E-state index in [0.717, 1.165) is 25.2 Å². The summed E-state index contributed by atoms with van der Waals surface area (Å²) < 4.78 is 0. The van der Waals surface area contributed by atoms with Crippen LogP contribution in [0.25, 0.3) is 0 Å². The molecule has 0 radical (unpaired) electrons. The van der Waals surface area contributed by atoms with Gasteiger partial charge in [0.05, 0.1) is 11.4 Å². The SMILES string of the molecule is CC(=O)O.CC(=O)O.Cc1ncccc1N. The average Bonchev–Trinajstić information content (AvgIpc) is 2.08. The molecule has 0 atom stereocenters. The van der Waals surface area contributed by atoms with Crippen LogP contribution in [-0.2, 0) is 9.59 Å². The largest absolute Gasteiger partial charge is 0.481 e. The molecule has 0 aliphatic heterocycles. The van der Waals surface area contributed by atoms with Crippen LogP contribution in [0.3, 0.4) is 0 Å². The van der Waals surface area contributed by atoms with Gasteiger partial charge in [-0.15, -0.1) is 0 Å². The van der Waals surface area contributed by atoms with Crippen LogP contribution in [0.4, 0.5) is 5.69 Å². The van der Waals surface area contributed by atoms with E-state index in [1.54, 1.807) is 6.20 Å². The molecule has 0 aliphatic carbocycles. The van der Waals surface area contributed by atoms with Crippen molar-refractivity contribution >= 4 is 17.6 Å². The molecule has 4 N–H and O–H groups in total. The summed E-state index contributed by atoms with van der Waals surface area (Å²) in [4.78, 5) is 22.0. The van der Waals surface area contributed by atoms with Crippen LogP contribution in [0.15, 0.2) is 18.3 Å². The van der Waals surface area contributed by atoms with Gasteiger partial charge in [-0.3, -0.25) is 14.6 Å². The van der Waals surface area contributed by atoms with Gasteiger partial charge >= 0.3 is 0 Å². The molecule has 0 spiro atoms. The molecule has 0 amide bonds. The van der Waals surface area contributed by atoms with Crippen molar-refractivity contribution in [3.63, 3.8) is 0 Å². The Kier molecular flexibility index (Phi) is 9.64. The predicted molar refractivity (Wildman–Crippen MR) is 60.0 cm³/mol.